The quantitative estimate of drug-likeness (QED) is 0.653. The van der Waals surface area contributed by atoms with Gasteiger partial charge in [-0.3, -0.25) is 4.79 Å². The van der Waals surface area contributed by atoms with Crippen LogP contribution in [0.5, 0.6) is 0 Å². The van der Waals surface area contributed by atoms with Crippen LogP contribution in [-0.2, 0) is 33.5 Å². The molecule has 0 atom stereocenters. The van der Waals surface area contributed by atoms with E-state index in [1.165, 1.54) is 7.05 Å². The van der Waals surface area contributed by atoms with Crippen LogP contribution in [0.15, 0.2) is 53.1 Å². The third kappa shape index (κ3) is 4.96. The number of amides is 1. The molecule has 0 unspecified atom stereocenters. The van der Waals surface area contributed by atoms with Crippen LogP contribution in [0.2, 0.25) is 0 Å². The van der Waals surface area contributed by atoms with E-state index >= 15 is 0 Å². The number of hydrogen-bond acceptors (Lipinski definition) is 4. The largest absolute Gasteiger partial charge is 0.464 e. The topological polar surface area (TPSA) is 88.4 Å². The van der Waals surface area contributed by atoms with Gasteiger partial charge < -0.3 is 9.73 Å². The van der Waals surface area contributed by atoms with Gasteiger partial charge in [-0.25, -0.2) is 13.1 Å². The molecular formula is C20H22N2O4S. The summed E-state index contributed by atoms with van der Waals surface area (Å²) in [6.45, 7) is 2.38. The molecule has 0 aliphatic rings. The highest BCUT2D eigenvalue weighted by molar-refractivity contribution is 7.88. The highest BCUT2D eigenvalue weighted by atomic mass is 32.2. The molecule has 0 fully saturated rings. The number of nitrogens with one attached hydrogen (secondary N) is 2. The summed E-state index contributed by atoms with van der Waals surface area (Å²) < 4.78 is 30.9. The van der Waals surface area contributed by atoms with Gasteiger partial charge in [0, 0.05) is 17.5 Å². The standard InChI is InChI=1S/C20H22N2O4S/c1-14-3-8-18-17(12-26-19(18)9-14)10-20(23)22-11-15-4-6-16(7-5-15)13-27(24,25)21-2/h3-9,12,21H,10-11,13H2,1-2H3,(H,22,23). The third-order valence-electron chi connectivity index (χ3n) is 4.34. The van der Waals surface area contributed by atoms with Crippen molar-refractivity contribution in [1.29, 1.82) is 0 Å². The molecule has 1 aromatic heterocycles. The van der Waals surface area contributed by atoms with Crippen molar-refractivity contribution in [2.45, 2.75) is 25.6 Å². The minimum absolute atomic E-state index is 0.0663. The van der Waals surface area contributed by atoms with Crippen molar-refractivity contribution in [3.8, 4) is 0 Å². The monoisotopic (exact) mass is 386 g/mol. The molecule has 0 bridgehead atoms. The third-order valence-corrected chi connectivity index (χ3v) is 5.68. The smallest absolute Gasteiger partial charge is 0.224 e. The molecule has 142 valence electrons. The molecule has 7 heteroatoms. The molecule has 1 heterocycles. The van der Waals surface area contributed by atoms with E-state index in [1.807, 2.05) is 37.3 Å². The SMILES string of the molecule is CNS(=O)(=O)Cc1ccc(CNC(=O)Cc2coc3cc(C)ccc23)cc1. The van der Waals surface area contributed by atoms with Gasteiger partial charge in [-0.2, -0.15) is 0 Å². The summed E-state index contributed by atoms with van der Waals surface area (Å²) in [7, 11) is -1.90. The highest BCUT2D eigenvalue weighted by Crippen LogP contribution is 2.22. The van der Waals surface area contributed by atoms with Crippen molar-refractivity contribution in [2.75, 3.05) is 7.05 Å². The van der Waals surface area contributed by atoms with Gasteiger partial charge in [0.15, 0.2) is 0 Å². The fourth-order valence-corrected chi connectivity index (χ4v) is 3.58. The Bertz CT molecular complexity index is 1050. The number of furan rings is 1. The Morgan fingerprint density at radius 1 is 1.07 bits per heavy atom. The predicted octanol–water partition coefficient (Wildman–Crippen LogP) is 2.65. The number of sulfonamides is 1. The van der Waals surface area contributed by atoms with Gasteiger partial charge in [-0.15, -0.1) is 0 Å². The van der Waals surface area contributed by atoms with Crippen LogP contribution in [-0.4, -0.2) is 21.4 Å². The van der Waals surface area contributed by atoms with E-state index in [0.29, 0.717) is 12.1 Å². The summed E-state index contributed by atoms with van der Waals surface area (Å²) in [5.41, 5.74) is 4.35. The fourth-order valence-electron chi connectivity index (χ4n) is 2.81. The number of rotatable bonds is 7. The lowest BCUT2D eigenvalue weighted by atomic mass is 10.1. The van der Waals surface area contributed by atoms with Crippen LogP contribution >= 0.6 is 0 Å². The van der Waals surface area contributed by atoms with Crippen molar-refractivity contribution in [1.82, 2.24) is 10.0 Å². The first-order valence-corrected chi connectivity index (χ1v) is 10.2. The van der Waals surface area contributed by atoms with Crippen molar-refractivity contribution in [3.05, 3.63) is 71.0 Å². The minimum Gasteiger partial charge on any atom is -0.464 e. The maximum atomic E-state index is 12.2. The van der Waals surface area contributed by atoms with Crippen molar-refractivity contribution < 1.29 is 17.6 Å². The van der Waals surface area contributed by atoms with E-state index in [9.17, 15) is 13.2 Å². The summed E-state index contributed by atoms with van der Waals surface area (Å²) >= 11 is 0. The molecule has 2 aromatic carbocycles. The summed E-state index contributed by atoms with van der Waals surface area (Å²) in [5.74, 6) is -0.163. The molecule has 27 heavy (non-hydrogen) atoms. The minimum atomic E-state index is -3.29. The van der Waals surface area contributed by atoms with Gasteiger partial charge in [0.1, 0.15) is 5.58 Å². The first-order chi connectivity index (χ1) is 12.9. The Hall–Kier alpha value is -2.64. The molecule has 0 saturated heterocycles. The van der Waals surface area contributed by atoms with Crippen LogP contribution in [0.4, 0.5) is 0 Å². The molecule has 0 radical (unpaired) electrons. The van der Waals surface area contributed by atoms with Gasteiger partial charge in [-0.05, 0) is 36.7 Å². The van der Waals surface area contributed by atoms with Crippen molar-refractivity contribution >= 4 is 26.9 Å². The molecule has 3 rings (SSSR count). The van der Waals surface area contributed by atoms with Gasteiger partial charge in [0.05, 0.1) is 18.4 Å². The van der Waals surface area contributed by atoms with E-state index in [1.54, 1.807) is 18.4 Å². The van der Waals surface area contributed by atoms with Crippen LogP contribution in [0.25, 0.3) is 11.0 Å². The fraction of sp³-hybridized carbons (Fsp3) is 0.250. The average Bonchev–Trinajstić information content (AvgIpc) is 3.02. The summed E-state index contributed by atoms with van der Waals surface area (Å²) in [4.78, 5) is 12.2. The van der Waals surface area contributed by atoms with E-state index in [-0.39, 0.29) is 18.1 Å². The molecular weight excluding hydrogens is 364 g/mol. The molecule has 0 aliphatic carbocycles. The first kappa shape index (κ1) is 19.1. The Balaban J connectivity index is 1.57. The van der Waals surface area contributed by atoms with Gasteiger partial charge in [0.2, 0.25) is 15.9 Å². The number of carbonyl (C=O) groups is 1. The van der Waals surface area contributed by atoms with Crippen LogP contribution in [0.1, 0.15) is 22.3 Å². The zero-order valence-corrected chi connectivity index (χ0v) is 16.1. The number of aryl methyl sites for hydroxylation is 1. The van der Waals surface area contributed by atoms with Crippen LogP contribution < -0.4 is 10.0 Å². The predicted molar refractivity (Wildman–Crippen MR) is 105 cm³/mol. The number of carbonyl (C=O) groups excluding carboxylic acids is 1. The maximum Gasteiger partial charge on any atom is 0.224 e. The Morgan fingerprint density at radius 2 is 1.78 bits per heavy atom. The Morgan fingerprint density at radius 3 is 2.48 bits per heavy atom. The van der Waals surface area contributed by atoms with E-state index in [4.69, 9.17) is 4.42 Å². The summed E-state index contributed by atoms with van der Waals surface area (Å²) in [5, 5.41) is 3.83. The lowest BCUT2D eigenvalue weighted by Gasteiger charge is -2.07. The molecule has 2 N–H and O–H groups in total. The zero-order valence-electron chi connectivity index (χ0n) is 15.3. The number of hydrogen-bond donors (Lipinski definition) is 2. The van der Waals surface area contributed by atoms with Gasteiger partial charge >= 0.3 is 0 Å². The lowest BCUT2D eigenvalue weighted by molar-refractivity contribution is -0.120. The number of benzene rings is 2. The number of fused-ring (bicyclic) bond motifs is 1. The van der Waals surface area contributed by atoms with Gasteiger partial charge in [0.25, 0.3) is 0 Å². The summed E-state index contributed by atoms with van der Waals surface area (Å²) in [6.07, 6.45) is 1.87. The molecule has 3 aromatic rings. The first-order valence-electron chi connectivity index (χ1n) is 8.59. The normalized spacial score (nSPS) is 11.6. The maximum absolute atomic E-state index is 12.2. The molecule has 0 aliphatic heterocycles. The van der Waals surface area contributed by atoms with Crippen molar-refractivity contribution in [2.24, 2.45) is 0 Å². The molecule has 6 nitrogen and oxygen atoms in total. The lowest BCUT2D eigenvalue weighted by Crippen LogP contribution is -2.24. The molecule has 0 saturated carbocycles. The summed E-state index contributed by atoms with van der Waals surface area (Å²) in [6, 6.07) is 13.1. The van der Waals surface area contributed by atoms with Crippen LogP contribution in [0, 0.1) is 6.92 Å². The second-order valence-electron chi connectivity index (χ2n) is 6.49. The van der Waals surface area contributed by atoms with E-state index in [0.717, 1.165) is 27.7 Å². The van der Waals surface area contributed by atoms with Crippen LogP contribution in [0.3, 0.4) is 0 Å². The second kappa shape index (κ2) is 7.94. The van der Waals surface area contributed by atoms with E-state index < -0.39 is 10.0 Å². The van der Waals surface area contributed by atoms with E-state index in [2.05, 4.69) is 10.0 Å². The Kier molecular flexibility index (Phi) is 5.62. The second-order valence-corrected chi connectivity index (χ2v) is 8.42. The molecule has 1 amide bonds. The van der Waals surface area contributed by atoms with Gasteiger partial charge in [-0.1, -0.05) is 36.4 Å². The zero-order chi connectivity index (χ0) is 19.4. The molecule has 0 spiro atoms. The Labute approximate surface area is 158 Å². The van der Waals surface area contributed by atoms with Crippen molar-refractivity contribution in [3.63, 3.8) is 0 Å². The highest BCUT2D eigenvalue weighted by Gasteiger charge is 2.11. The average molecular weight is 386 g/mol.